The van der Waals surface area contributed by atoms with Crippen LogP contribution in [0.3, 0.4) is 0 Å². The Labute approximate surface area is 122 Å². The molecule has 0 radical (unpaired) electrons. The molecule has 0 fully saturated rings. The van der Waals surface area contributed by atoms with Crippen LogP contribution in [0.2, 0.25) is 0 Å². The summed E-state index contributed by atoms with van der Waals surface area (Å²) in [5.74, 6) is 0.266. The van der Waals surface area contributed by atoms with E-state index < -0.39 is 0 Å². The summed E-state index contributed by atoms with van der Waals surface area (Å²) in [6, 6.07) is 1.98. The van der Waals surface area contributed by atoms with Gasteiger partial charge in [0.1, 0.15) is 5.56 Å². The quantitative estimate of drug-likeness (QED) is 0.678. The van der Waals surface area contributed by atoms with E-state index in [0.717, 1.165) is 37.1 Å². The van der Waals surface area contributed by atoms with Crippen LogP contribution < -0.4 is 5.56 Å². The Morgan fingerprint density at radius 2 is 2.15 bits per heavy atom. The van der Waals surface area contributed by atoms with Gasteiger partial charge >= 0.3 is 0 Å². The van der Waals surface area contributed by atoms with Gasteiger partial charge in [-0.1, -0.05) is 19.8 Å². The molecule has 5 nitrogen and oxygen atoms in total. The van der Waals surface area contributed by atoms with Crippen LogP contribution >= 0.6 is 12.2 Å². The molecule has 0 spiro atoms. The fourth-order valence-electron chi connectivity index (χ4n) is 2.32. The second kappa shape index (κ2) is 6.17. The number of aryl methyl sites for hydroxylation is 2. The van der Waals surface area contributed by atoms with E-state index in [2.05, 4.69) is 17.1 Å². The molecule has 0 aromatic carbocycles. The molecule has 108 valence electrons. The molecule has 20 heavy (non-hydrogen) atoms. The molecular formula is C14H19N3O2S. The number of hydrogen-bond donors (Lipinski definition) is 1. The first-order valence-electron chi connectivity index (χ1n) is 6.81. The standard InChI is InChI=1S/C14H19N3O2S/c1-4-5-6-7-17-10(3)8-9(2)11(13(17)18)12-15-16-14(20)19-12/h8H,4-7H2,1-3H3,(H,16,20). The van der Waals surface area contributed by atoms with Gasteiger partial charge in [-0.05, 0) is 44.1 Å². The predicted octanol–water partition coefficient (Wildman–Crippen LogP) is 3.37. The normalized spacial score (nSPS) is 10.9. The maximum Gasteiger partial charge on any atom is 0.284 e. The Morgan fingerprint density at radius 3 is 2.75 bits per heavy atom. The molecule has 6 heteroatoms. The smallest absolute Gasteiger partial charge is 0.284 e. The highest BCUT2D eigenvalue weighted by Gasteiger charge is 2.16. The molecule has 2 heterocycles. The van der Waals surface area contributed by atoms with E-state index >= 15 is 0 Å². The first-order valence-corrected chi connectivity index (χ1v) is 7.22. The van der Waals surface area contributed by atoms with Crippen LogP contribution in [-0.2, 0) is 6.54 Å². The molecule has 0 amide bonds. The molecule has 0 unspecified atom stereocenters. The lowest BCUT2D eigenvalue weighted by Gasteiger charge is -2.12. The molecule has 0 saturated heterocycles. The first kappa shape index (κ1) is 14.7. The van der Waals surface area contributed by atoms with Crippen molar-refractivity contribution in [1.29, 1.82) is 0 Å². The minimum Gasteiger partial charge on any atom is -0.409 e. The fourth-order valence-corrected chi connectivity index (χ4v) is 2.45. The van der Waals surface area contributed by atoms with Crippen LogP contribution in [0.15, 0.2) is 15.3 Å². The molecule has 0 aliphatic heterocycles. The van der Waals surface area contributed by atoms with Crippen LogP contribution in [0.4, 0.5) is 0 Å². The third kappa shape index (κ3) is 2.90. The van der Waals surface area contributed by atoms with Crippen molar-refractivity contribution in [2.75, 3.05) is 0 Å². The molecule has 2 aromatic rings. The monoisotopic (exact) mass is 293 g/mol. The SMILES string of the molecule is CCCCCn1c(C)cc(C)c(-c2n[nH]c(=S)o2)c1=O. The van der Waals surface area contributed by atoms with Crippen LogP contribution in [0, 0.1) is 18.7 Å². The number of pyridine rings is 1. The van der Waals surface area contributed by atoms with Crippen LogP contribution in [-0.4, -0.2) is 14.8 Å². The lowest BCUT2D eigenvalue weighted by molar-refractivity contribution is 0.544. The minimum absolute atomic E-state index is 0.0659. The Morgan fingerprint density at radius 1 is 1.40 bits per heavy atom. The number of unbranched alkanes of at least 4 members (excludes halogenated alkanes) is 2. The number of hydrogen-bond acceptors (Lipinski definition) is 4. The highest BCUT2D eigenvalue weighted by molar-refractivity contribution is 7.71. The van der Waals surface area contributed by atoms with Crippen molar-refractivity contribution >= 4 is 12.2 Å². The minimum atomic E-state index is -0.0659. The summed E-state index contributed by atoms with van der Waals surface area (Å²) < 4.78 is 7.07. The zero-order valence-electron chi connectivity index (χ0n) is 12.0. The van der Waals surface area contributed by atoms with Gasteiger partial charge in [-0.15, -0.1) is 5.10 Å². The Kier molecular flexibility index (Phi) is 4.54. The van der Waals surface area contributed by atoms with E-state index in [-0.39, 0.29) is 16.3 Å². The Balaban J connectivity index is 2.50. The second-order valence-corrected chi connectivity index (χ2v) is 5.30. The molecule has 0 bridgehead atoms. The highest BCUT2D eigenvalue weighted by atomic mass is 32.1. The van der Waals surface area contributed by atoms with Gasteiger partial charge in [0, 0.05) is 12.2 Å². The summed E-state index contributed by atoms with van der Waals surface area (Å²) >= 11 is 4.87. The van der Waals surface area contributed by atoms with E-state index in [1.807, 2.05) is 19.9 Å². The highest BCUT2D eigenvalue weighted by Crippen LogP contribution is 2.18. The maximum absolute atomic E-state index is 12.6. The van der Waals surface area contributed by atoms with E-state index in [4.69, 9.17) is 16.6 Å². The van der Waals surface area contributed by atoms with Gasteiger partial charge in [0.15, 0.2) is 0 Å². The molecule has 1 N–H and O–H groups in total. The van der Waals surface area contributed by atoms with Gasteiger partial charge in [0.2, 0.25) is 0 Å². The van der Waals surface area contributed by atoms with E-state index in [9.17, 15) is 4.79 Å². The number of aromatic nitrogens is 3. The lowest BCUT2D eigenvalue weighted by Crippen LogP contribution is -2.25. The third-order valence-electron chi connectivity index (χ3n) is 3.34. The molecule has 0 saturated carbocycles. The fraction of sp³-hybridized carbons (Fsp3) is 0.500. The Hall–Kier alpha value is -1.69. The maximum atomic E-state index is 12.6. The summed E-state index contributed by atoms with van der Waals surface area (Å²) in [5, 5.41) is 6.52. The molecule has 0 aliphatic carbocycles. The third-order valence-corrected chi connectivity index (χ3v) is 3.52. The van der Waals surface area contributed by atoms with Crippen molar-refractivity contribution in [2.24, 2.45) is 0 Å². The van der Waals surface area contributed by atoms with Crippen molar-refractivity contribution in [2.45, 2.75) is 46.6 Å². The summed E-state index contributed by atoms with van der Waals surface area (Å²) in [6.45, 7) is 6.69. The molecule has 0 atom stereocenters. The van der Waals surface area contributed by atoms with Gasteiger partial charge in [-0.2, -0.15) is 0 Å². The second-order valence-electron chi connectivity index (χ2n) is 4.93. The van der Waals surface area contributed by atoms with Gasteiger partial charge in [-0.25, -0.2) is 5.10 Å². The molecular weight excluding hydrogens is 274 g/mol. The zero-order valence-corrected chi connectivity index (χ0v) is 12.8. The van der Waals surface area contributed by atoms with Crippen LogP contribution in [0.5, 0.6) is 0 Å². The van der Waals surface area contributed by atoms with Gasteiger partial charge in [-0.3, -0.25) is 4.79 Å². The number of nitrogens with zero attached hydrogens (tertiary/aromatic N) is 2. The number of rotatable bonds is 5. The molecule has 0 aliphatic rings. The predicted molar refractivity (Wildman–Crippen MR) is 80.4 cm³/mol. The van der Waals surface area contributed by atoms with Gasteiger partial charge < -0.3 is 8.98 Å². The summed E-state index contributed by atoms with van der Waals surface area (Å²) in [5.41, 5.74) is 2.23. The average Bonchev–Trinajstić information content (AvgIpc) is 2.79. The van der Waals surface area contributed by atoms with Crippen molar-refractivity contribution in [1.82, 2.24) is 14.8 Å². The van der Waals surface area contributed by atoms with Crippen molar-refractivity contribution in [3.63, 3.8) is 0 Å². The molecule has 2 aromatic heterocycles. The van der Waals surface area contributed by atoms with Crippen molar-refractivity contribution in [3.8, 4) is 11.5 Å². The number of H-pyrrole nitrogens is 1. The van der Waals surface area contributed by atoms with Crippen LogP contribution in [0.25, 0.3) is 11.5 Å². The van der Waals surface area contributed by atoms with Crippen molar-refractivity contribution < 1.29 is 4.42 Å². The summed E-state index contributed by atoms with van der Waals surface area (Å²) in [4.78, 5) is 12.8. The first-order chi connectivity index (χ1) is 9.54. The molecule has 2 rings (SSSR count). The van der Waals surface area contributed by atoms with E-state index in [1.165, 1.54) is 0 Å². The van der Waals surface area contributed by atoms with E-state index in [1.54, 1.807) is 4.57 Å². The lowest BCUT2D eigenvalue weighted by atomic mass is 10.1. The Bertz CT molecular complexity index is 712. The zero-order chi connectivity index (χ0) is 14.7. The van der Waals surface area contributed by atoms with Crippen molar-refractivity contribution in [3.05, 3.63) is 32.5 Å². The van der Waals surface area contributed by atoms with Gasteiger partial charge in [0.25, 0.3) is 16.3 Å². The number of aromatic amines is 1. The van der Waals surface area contributed by atoms with Crippen LogP contribution in [0.1, 0.15) is 37.4 Å². The summed E-state index contributed by atoms with van der Waals surface area (Å²) in [6.07, 6.45) is 3.22. The average molecular weight is 293 g/mol. The summed E-state index contributed by atoms with van der Waals surface area (Å²) in [7, 11) is 0. The largest absolute Gasteiger partial charge is 0.409 e. The number of nitrogens with one attached hydrogen (secondary N) is 1. The van der Waals surface area contributed by atoms with E-state index in [0.29, 0.717) is 5.56 Å². The van der Waals surface area contributed by atoms with Gasteiger partial charge in [0.05, 0.1) is 0 Å². The topological polar surface area (TPSA) is 63.8 Å².